The summed E-state index contributed by atoms with van der Waals surface area (Å²) in [5, 5.41) is 0. The van der Waals surface area contributed by atoms with Gasteiger partial charge in [-0.3, -0.25) is 9.59 Å². The van der Waals surface area contributed by atoms with Crippen molar-refractivity contribution in [2.24, 2.45) is 16.7 Å². The Morgan fingerprint density at radius 3 is 2.57 bits per heavy atom. The zero-order chi connectivity index (χ0) is 15.4. The molecule has 3 aliphatic carbocycles. The van der Waals surface area contributed by atoms with E-state index < -0.39 is 0 Å². The van der Waals surface area contributed by atoms with Crippen LogP contribution in [0.15, 0.2) is 23.0 Å². The third-order valence-corrected chi connectivity index (χ3v) is 6.01. The van der Waals surface area contributed by atoms with Gasteiger partial charge in [-0.2, -0.15) is 0 Å². The Hall–Kier alpha value is -1.38. The van der Waals surface area contributed by atoms with E-state index in [2.05, 4.69) is 20.8 Å². The first-order valence-electron chi connectivity index (χ1n) is 7.89. The molecule has 2 unspecified atom stereocenters. The van der Waals surface area contributed by atoms with Crippen molar-refractivity contribution in [3.8, 4) is 0 Å². The molecule has 1 saturated carbocycles. The lowest BCUT2D eigenvalue weighted by atomic mass is 9.49. The Balaban J connectivity index is 2.11. The number of ether oxygens (including phenoxy) is 1. The molecule has 0 saturated heterocycles. The molecule has 3 rings (SSSR count). The Labute approximate surface area is 126 Å². The van der Waals surface area contributed by atoms with Gasteiger partial charge in [-0.05, 0) is 37.0 Å². The van der Waals surface area contributed by atoms with Crippen LogP contribution in [0.4, 0.5) is 0 Å². The third kappa shape index (κ3) is 1.93. The highest BCUT2D eigenvalue weighted by Gasteiger charge is 2.53. The second-order valence-electron chi connectivity index (χ2n) is 7.61. The number of methoxy groups -OCH3 is 1. The van der Waals surface area contributed by atoms with Crippen LogP contribution in [0.2, 0.25) is 0 Å². The van der Waals surface area contributed by atoms with Crippen molar-refractivity contribution < 1.29 is 14.3 Å². The van der Waals surface area contributed by atoms with Gasteiger partial charge in [0, 0.05) is 22.6 Å². The average Bonchev–Trinajstić information content (AvgIpc) is 2.40. The maximum absolute atomic E-state index is 12.6. The quantitative estimate of drug-likeness (QED) is 0.692. The molecule has 3 nitrogen and oxygen atoms in total. The molecule has 0 N–H and O–H groups in total. The monoisotopic (exact) mass is 288 g/mol. The lowest BCUT2D eigenvalue weighted by molar-refractivity contribution is -0.121. The van der Waals surface area contributed by atoms with E-state index >= 15 is 0 Å². The van der Waals surface area contributed by atoms with Crippen LogP contribution in [0.1, 0.15) is 52.9 Å². The summed E-state index contributed by atoms with van der Waals surface area (Å²) < 4.78 is 5.09. The van der Waals surface area contributed by atoms with Crippen LogP contribution in [0, 0.1) is 16.7 Å². The molecule has 3 aliphatic rings. The number of allylic oxidation sites excluding steroid dienone is 3. The summed E-state index contributed by atoms with van der Waals surface area (Å²) in [5.74, 6) is 0.601. The van der Waals surface area contributed by atoms with E-state index in [1.807, 2.05) is 0 Å². The van der Waals surface area contributed by atoms with E-state index in [4.69, 9.17) is 4.74 Å². The van der Waals surface area contributed by atoms with Crippen LogP contribution >= 0.6 is 0 Å². The van der Waals surface area contributed by atoms with Crippen molar-refractivity contribution in [1.29, 1.82) is 0 Å². The first-order valence-corrected chi connectivity index (χ1v) is 7.89. The highest BCUT2D eigenvalue weighted by Crippen LogP contribution is 2.60. The molecular weight excluding hydrogens is 264 g/mol. The van der Waals surface area contributed by atoms with Gasteiger partial charge in [0.05, 0.1) is 7.11 Å². The molecule has 21 heavy (non-hydrogen) atoms. The van der Waals surface area contributed by atoms with Gasteiger partial charge in [-0.25, -0.2) is 0 Å². The Morgan fingerprint density at radius 2 is 1.90 bits per heavy atom. The highest BCUT2D eigenvalue weighted by molar-refractivity contribution is 6.22. The highest BCUT2D eigenvalue weighted by atomic mass is 16.5. The van der Waals surface area contributed by atoms with Crippen LogP contribution in [-0.2, 0) is 14.3 Å². The molecule has 0 aliphatic heterocycles. The summed E-state index contributed by atoms with van der Waals surface area (Å²) >= 11 is 0. The van der Waals surface area contributed by atoms with Gasteiger partial charge in [0.2, 0.25) is 5.78 Å². The summed E-state index contributed by atoms with van der Waals surface area (Å²) in [6.45, 7) is 6.82. The van der Waals surface area contributed by atoms with Crippen LogP contribution in [0.25, 0.3) is 0 Å². The molecule has 0 heterocycles. The predicted molar refractivity (Wildman–Crippen MR) is 80.6 cm³/mol. The fraction of sp³-hybridized carbons (Fsp3) is 0.667. The molecule has 3 heteroatoms. The molecule has 0 aromatic rings. The van der Waals surface area contributed by atoms with Gasteiger partial charge >= 0.3 is 0 Å². The summed E-state index contributed by atoms with van der Waals surface area (Å²) in [6, 6.07) is 0. The number of fused-ring (bicyclic) bond motifs is 2. The number of hydrogen-bond acceptors (Lipinski definition) is 3. The van der Waals surface area contributed by atoms with Gasteiger partial charge in [0.15, 0.2) is 11.5 Å². The Morgan fingerprint density at radius 1 is 1.19 bits per heavy atom. The van der Waals surface area contributed by atoms with E-state index in [9.17, 15) is 9.59 Å². The Bertz CT molecular complexity index is 579. The van der Waals surface area contributed by atoms with Gasteiger partial charge in [0.1, 0.15) is 0 Å². The topological polar surface area (TPSA) is 43.4 Å². The average molecular weight is 288 g/mol. The summed E-state index contributed by atoms with van der Waals surface area (Å²) in [7, 11) is 1.46. The molecule has 1 fully saturated rings. The molecule has 0 amide bonds. The maximum Gasteiger partial charge on any atom is 0.224 e. The number of carbonyl (C=O) groups excluding carboxylic acids is 2. The Kier molecular flexibility index (Phi) is 3.16. The molecule has 2 atom stereocenters. The third-order valence-electron chi connectivity index (χ3n) is 6.01. The summed E-state index contributed by atoms with van der Waals surface area (Å²) in [5.41, 5.74) is 1.59. The molecule has 0 spiro atoms. The summed E-state index contributed by atoms with van der Waals surface area (Å²) in [4.78, 5) is 25.2. The molecule has 0 aromatic carbocycles. The second-order valence-corrected chi connectivity index (χ2v) is 7.61. The number of hydrogen-bond donors (Lipinski definition) is 0. The molecule has 0 radical (unpaired) electrons. The number of Topliss-reactive ketones (excluding diaryl/α,β-unsaturated/α-hetero) is 1. The smallest absolute Gasteiger partial charge is 0.224 e. The zero-order valence-corrected chi connectivity index (χ0v) is 13.4. The van der Waals surface area contributed by atoms with Crippen LogP contribution < -0.4 is 0 Å². The normalized spacial score (nSPS) is 35.0. The van der Waals surface area contributed by atoms with Crippen molar-refractivity contribution in [3.63, 3.8) is 0 Å². The SMILES string of the molecule is COC1=CC(=O)C2=C(CCC3C(C)(C)CCCC23C)C1=O. The van der Waals surface area contributed by atoms with Crippen LogP contribution in [0.3, 0.4) is 0 Å². The van der Waals surface area contributed by atoms with Gasteiger partial charge in [0.25, 0.3) is 0 Å². The maximum atomic E-state index is 12.6. The lowest BCUT2D eigenvalue weighted by Crippen LogP contribution is -2.48. The lowest BCUT2D eigenvalue weighted by Gasteiger charge is -2.54. The summed E-state index contributed by atoms with van der Waals surface area (Å²) in [6.07, 6.45) is 6.45. The van der Waals surface area contributed by atoms with Crippen LogP contribution in [-0.4, -0.2) is 18.7 Å². The van der Waals surface area contributed by atoms with Crippen molar-refractivity contribution in [3.05, 3.63) is 23.0 Å². The molecule has 0 bridgehead atoms. The van der Waals surface area contributed by atoms with Gasteiger partial charge in [-0.15, -0.1) is 0 Å². The van der Waals surface area contributed by atoms with E-state index in [-0.39, 0.29) is 28.2 Å². The predicted octanol–water partition coefficient (Wildman–Crippen LogP) is 3.59. The zero-order valence-electron chi connectivity index (χ0n) is 13.4. The first kappa shape index (κ1) is 14.6. The number of ketones is 2. The molecule has 0 aromatic heterocycles. The standard InChI is InChI=1S/C18H24O3/c1-17(2)8-5-9-18(3)14(17)7-6-11-15(18)12(19)10-13(21-4)16(11)20/h10,14H,5-9H2,1-4H3. The van der Waals surface area contributed by atoms with Crippen LogP contribution in [0.5, 0.6) is 0 Å². The minimum Gasteiger partial charge on any atom is -0.493 e. The van der Waals surface area contributed by atoms with E-state index in [1.54, 1.807) is 0 Å². The number of rotatable bonds is 1. The largest absolute Gasteiger partial charge is 0.493 e. The fourth-order valence-corrected chi connectivity index (χ4v) is 5.10. The van der Waals surface area contributed by atoms with E-state index in [1.165, 1.54) is 19.6 Å². The molecular formula is C18H24O3. The van der Waals surface area contributed by atoms with E-state index in [0.29, 0.717) is 12.3 Å². The number of carbonyl (C=O) groups is 2. The second kappa shape index (κ2) is 4.56. The van der Waals surface area contributed by atoms with Crippen molar-refractivity contribution in [2.45, 2.75) is 52.9 Å². The van der Waals surface area contributed by atoms with E-state index in [0.717, 1.165) is 30.4 Å². The van der Waals surface area contributed by atoms with Crippen molar-refractivity contribution >= 4 is 11.6 Å². The molecule has 114 valence electrons. The fourth-order valence-electron chi connectivity index (χ4n) is 5.10. The van der Waals surface area contributed by atoms with Gasteiger partial charge < -0.3 is 4.74 Å². The van der Waals surface area contributed by atoms with Crippen molar-refractivity contribution in [2.75, 3.05) is 7.11 Å². The minimum absolute atomic E-state index is 0.00801. The first-order chi connectivity index (χ1) is 9.81. The van der Waals surface area contributed by atoms with Gasteiger partial charge in [-0.1, -0.05) is 27.2 Å². The minimum atomic E-state index is -0.155. The van der Waals surface area contributed by atoms with Crippen molar-refractivity contribution in [1.82, 2.24) is 0 Å².